The minimum atomic E-state index is -0.958. The topological polar surface area (TPSA) is 27.7 Å². The van der Waals surface area contributed by atoms with Crippen LogP contribution in [0.25, 0.3) is 0 Å². The van der Waals surface area contributed by atoms with Gasteiger partial charge in [0.15, 0.2) is 11.7 Å². The van der Waals surface area contributed by atoms with Gasteiger partial charge in [-0.2, -0.15) is 0 Å². The van der Waals surface area contributed by atoms with E-state index in [0.717, 1.165) is 18.8 Å². The van der Waals surface area contributed by atoms with Crippen molar-refractivity contribution in [1.29, 1.82) is 0 Å². The van der Waals surface area contributed by atoms with E-state index < -0.39 is 11.7 Å². The van der Waals surface area contributed by atoms with Crippen molar-refractivity contribution in [3.63, 3.8) is 0 Å². The highest BCUT2D eigenvalue weighted by Gasteiger charge is 2.21. The highest BCUT2D eigenvalue weighted by molar-refractivity contribution is 5.40. The number of allylic oxidation sites excluding steroid dienone is 8. The summed E-state index contributed by atoms with van der Waals surface area (Å²) >= 11 is 0. The molecule has 1 aliphatic rings. The first kappa shape index (κ1) is 33.6. The third kappa shape index (κ3) is 13.6. The van der Waals surface area contributed by atoms with Crippen LogP contribution in [0.2, 0.25) is 0 Å². The summed E-state index contributed by atoms with van der Waals surface area (Å²) < 4.78 is 45.0. The van der Waals surface area contributed by atoms with Crippen LogP contribution in [0.3, 0.4) is 0 Å². The Morgan fingerprint density at radius 3 is 2.09 bits per heavy atom. The molecule has 1 fully saturated rings. The molecular weight excluding hydrogens is 422 g/mol. The molecule has 1 rings (SSSR count). The number of ether oxygens (including phenoxy) is 3. The second kappa shape index (κ2) is 20.9. The summed E-state index contributed by atoms with van der Waals surface area (Å²) in [6, 6.07) is 0. The highest BCUT2D eigenvalue weighted by atomic mass is 19.2. The van der Waals surface area contributed by atoms with Gasteiger partial charge in [-0.05, 0) is 69.6 Å². The van der Waals surface area contributed by atoms with Crippen LogP contribution in [0.1, 0.15) is 101 Å². The molecule has 0 radical (unpaired) electrons. The van der Waals surface area contributed by atoms with E-state index in [4.69, 9.17) is 14.2 Å². The first-order valence-electron chi connectivity index (χ1n) is 12.7. The molecule has 5 heteroatoms. The van der Waals surface area contributed by atoms with Gasteiger partial charge in [0.05, 0.1) is 19.0 Å². The van der Waals surface area contributed by atoms with E-state index in [1.54, 1.807) is 26.0 Å². The monoisotopic (exact) mass is 472 g/mol. The third-order valence-corrected chi connectivity index (χ3v) is 5.40. The molecule has 0 aromatic rings. The molecule has 3 nitrogen and oxygen atoms in total. The van der Waals surface area contributed by atoms with Crippen LogP contribution < -0.4 is 0 Å². The van der Waals surface area contributed by atoms with E-state index in [1.807, 2.05) is 34.6 Å². The van der Waals surface area contributed by atoms with Gasteiger partial charge in [-0.15, -0.1) is 0 Å². The molecule has 0 amide bonds. The largest absolute Gasteiger partial charge is 0.498 e. The summed E-state index contributed by atoms with van der Waals surface area (Å²) in [5.41, 5.74) is 0.969. The first-order valence-corrected chi connectivity index (χ1v) is 12.7. The Labute approximate surface area is 203 Å². The Morgan fingerprint density at radius 1 is 0.970 bits per heavy atom. The summed E-state index contributed by atoms with van der Waals surface area (Å²) in [7, 11) is 1.32. The van der Waals surface area contributed by atoms with Crippen molar-refractivity contribution >= 4 is 0 Å². The maximum absolute atomic E-state index is 14.4. The Hall–Kier alpha value is -1.62. The van der Waals surface area contributed by atoms with Crippen LogP contribution in [-0.4, -0.2) is 26.4 Å². The lowest BCUT2D eigenvalue weighted by molar-refractivity contribution is -0.0507. The fourth-order valence-corrected chi connectivity index (χ4v) is 3.31. The second-order valence-electron chi connectivity index (χ2n) is 7.70. The van der Waals surface area contributed by atoms with Crippen molar-refractivity contribution in [2.45, 2.75) is 107 Å². The van der Waals surface area contributed by atoms with Crippen molar-refractivity contribution in [2.24, 2.45) is 5.92 Å². The molecule has 33 heavy (non-hydrogen) atoms. The zero-order valence-corrected chi connectivity index (χ0v) is 22.9. The summed E-state index contributed by atoms with van der Waals surface area (Å²) in [6.07, 6.45) is 10.0. The van der Waals surface area contributed by atoms with Crippen molar-refractivity contribution in [3.8, 4) is 0 Å². The van der Waals surface area contributed by atoms with Crippen molar-refractivity contribution in [3.05, 3.63) is 46.5 Å². The van der Waals surface area contributed by atoms with Crippen molar-refractivity contribution in [1.82, 2.24) is 0 Å². The second-order valence-corrected chi connectivity index (χ2v) is 7.70. The van der Waals surface area contributed by atoms with Gasteiger partial charge in [0.2, 0.25) is 0 Å². The SMILES string of the molecule is CC.CC.CCCCC1CCC(CO/C(C)=C/C=C(C)/C(CC)=C(F)/C(F)=C(\C)OC)OC1. The average Bonchev–Trinajstić information content (AvgIpc) is 2.87. The minimum absolute atomic E-state index is 0.0688. The Kier molecular flexibility index (Phi) is 21.3. The van der Waals surface area contributed by atoms with E-state index in [2.05, 4.69) is 6.92 Å². The predicted molar refractivity (Wildman–Crippen MR) is 137 cm³/mol. The van der Waals surface area contributed by atoms with Crippen LogP contribution in [0.5, 0.6) is 0 Å². The maximum atomic E-state index is 14.4. The lowest BCUT2D eigenvalue weighted by Crippen LogP contribution is -2.29. The van der Waals surface area contributed by atoms with Crippen molar-refractivity contribution in [2.75, 3.05) is 20.3 Å². The van der Waals surface area contributed by atoms with E-state index in [9.17, 15) is 8.78 Å². The fraction of sp³-hybridized carbons (Fsp3) is 0.714. The van der Waals surface area contributed by atoms with Crippen LogP contribution in [0.4, 0.5) is 8.78 Å². The van der Waals surface area contributed by atoms with Gasteiger partial charge >= 0.3 is 0 Å². The van der Waals surface area contributed by atoms with Crippen LogP contribution in [0, 0.1) is 5.92 Å². The smallest absolute Gasteiger partial charge is 0.196 e. The molecule has 0 saturated carbocycles. The fourth-order valence-electron chi connectivity index (χ4n) is 3.31. The van der Waals surface area contributed by atoms with E-state index >= 15 is 0 Å². The van der Waals surface area contributed by atoms with Gasteiger partial charge in [-0.3, -0.25) is 0 Å². The molecule has 0 spiro atoms. The Balaban J connectivity index is 0. The molecule has 0 aromatic heterocycles. The maximum Gasteiger partial charge on any atom is 0.196 e. The van der Waals surface area contributed by atoms with Gasteiger partial charge in [0.25, 0.3) is 0 Å². The number of rotatable bonds is 11. The molecular formula is C28H50F2O3. The zero-order valence-electron chi connectivity index (χ0n) is 22.9. The molecule has 0 bridgehead atoms. The van der Waals surface area contributed by atoms with Gasteiger partial charge in [0.1, 0.15) is 12.4 Å². The summed E-state index contributed by atoms with van der Waals surface area (Å²) in [5, 5.41) is 0. The quantitative estimate of drug-likeness (QED) is 0.221. The summed E-state index contributed by atoms with van der Waals surface area (Å²) in [4.78, 5) is 0. The average molecular weight is 473 g/mol. The van der Waals surface area contributed by atoms with Gasteiger partial charge in [0, 0.05) is 6.61 Å². The Morgan fingerprint density at radius 2 is 1.61 bits per heavy atom. The standard InChI is InChI=1S/C24H38F2O3.2C2H6/c1-7-9-10-20-13-14-21(29-15-20)16-28-18(4)12-11-17(3)22(8-2)24(26)23(25)19(5)27-6;2*1-2/h11-12,20-21H,7-10,13-16H2,1-6H3;2*1-2H3/b17-11+,18-12+,23-19-,24-22-;;. The molecule has 0 aliphatic carbocycles. The number of unbranched alkanes of at least 4 members (excludes halogenated alkanes) is 1. The molecule has 1 saturated heterocycles. The van der Waals surface area contributed by atoms with E-state index in [0.29, 0.717) is 30.1 Å². The summed E-state index contributed by atoms with van der Waals surface area (Å²) in [5.74, 6) is -0.498. The van der Waals surface area contributed by atoms with E-state index in [1.165, 1.54) is 39.7 Å². The molecule has 2 unspecified atom stereocenters. The third-order valence-electron chi connectivity index (χ3n) is 5.40. The van der Waals surface area contributed by atoms with Crippen LogP contribution in [-0.2, 0) is 14.2 Å². The molecule has 0 aromatic carbocycles. The molecule has 1 heterocycles. The lowest BCUT2D eigenvalue weighted by atomic mass is 9.94. The number of hydrogen-bond acceptors (Lipinski definition) is 3. The molecule has 194 valence electrons. The van der Waals surface area contributed by atoms with Crippen molar-refractivity contribution < 1.29 is 23.0 Å². The normalized spacial score (nSPS) is 20.4. The zero-order chi connectivity index (χ0) is 25.8. The number of hydrogen-bond donors (Lipinski definition) is 0. The Bertz CT molecular complexity index is 625. The lowest BCUT2D eigenvalue weighted by Gasteiger charge is -2.29. The number of methoxy groups -OCH3 is 1. The minimum Gasteiger partial charge on any atom is -0.498 e. The predicted octanol–water partition coefficient (Wildman–Crippen LogP) is 9.37. The highest BCUT2D eigenvalue weighted by Crippen LogP contribution is 2.28. The van der Waals surface area contributed by atoms with E-state index in [-0.39, 0.29) is 11.9 Å². The van der Waals surface area contributed by atoms with Gasteiger partial charge in [-0.25, -0.2) is 8.78 Å². The molecule has 2 atom stereocenters. The first-order chi connectivity index (χ1) is 15.8. The van der Waals surface area contributed by atoms with Crippen LogP contribution >= 0.6 is 0 Å². The number of halogens is 2. The van der Waals surface area contributed by atoms with Gasteiger partial charge in [-0.1, -0.05) is 60.5 Å². The summed E-state index contributed by atoms with van der Waals surface area (Å²) in [6.45, 7) is 18.4. The molecule has 0 N–H and O–H groups in total. The van der Waals surface area contributed by atoms with Crippen LogP contribution in [0.15, 0.2) is 46.5 Å². The molecule has 1 aliphatic heterocycles. The van der Waals surface area contributed by atoms with Gasteiger partial charge < -0.3 is 14.2 Å².